The van der Waals surface area contributed by atoms with Crippen molar-refractivity contribution in [2.75, 3.05) is 5.32 Å². The molecule has 1 fully saturated rings. The van der Waals surface area contributed by atoms with Gasteiger partial charge in [-0.3, -0.25) is 9.48 Å². The van der Waals surface area contributed by atoms with Crippen LogP contribution in [0.3, 0.4) is 0 Å². The molecule has 132 valence electrons. The third-order valence-corrected chi connectivity index (χ3v) is 5.24. The molecule has 0 aliphatic heterocycles. The molecular weight excluding hydrogens is 310 g/mol. The van der Waals surface area contributed by atoms with Gasteiger partial charge in [0.15, 0.2) is 5.69 Å². The van der Waals surface area contributed by atoms with Gasteiger partial charge in [0, 0.05) is 17.3 Å². The van der Waals surface area contributed by atoms with Crippen LogP contribution in [0.15, 0.2) is 24.3 Å². The van der Waals surface area contributed by atoms with Gasteiger partial charge in [-0.2, -0.15) is 5.10 Å². The summed E-state index contributed by atoms with van der Waals surface area (Å²) in [5.74, 6) is 0.474. The lowest BCUT2D eigenvalue weighted by Crippen LogP contribution is -2.26. The van der Waals surface area contributed by atoms with Gasteiger partial charge in [0.05, 0.1) is 5.54 Å². The van der Waals surface area contributed by atoms with Crippen molar-refractivity contribution in [2.45, 2.75) is 70.8 Å². The fourth-order valence-electron chi connectivity index (χ4n) is 3.80. The molecule has 0 unspecified atom stereocenters. The normalized spacial score (nSPS) is 17.2. The van der Waals surface area contributed by atoms with Gasteiger partial charge in [0.25, 0.3) is 5.91 Å². The fourth-order valence-corrected chi connectivity index (χ4v) is 3.80. The van der Waals surface area contributed by atoms with E-state index in [-0.39, 0.29) is 11.4 Å². The van der Waals surface area contributed by atoms with Gasteiger partial charge in [-0.05, 0) is 82.6 Å². The topological polar surface area (TPSA) is 46.9 Å². The minimum absolute atomic E-state index is 0.0936. The number of aromatic nitrogens is 2. The van der Waals surface area contributed by atoms with Gasteiger partial charge in [-0.25, -0.2) is 0 Å². The summed E-state index contributed by atoms with van der Waals surface area (Å²) in [6.07, 6.45) is 7.01. The summed E-state index contributed by atoms with van der Waals surface area (Å²) in [5, 5.41) is 7.78. The molecule has 1 N–H and O–H groups in total. The Bertz CT molecular complexity index is 809. The number of anilines is 1. The molecule has 2 aliphatic rings. The standard InChI is InChI=1S/C21H27N3O/c1-21(2,3)24-19(15-11-12-15)13-18(23-24)20(25)22-17-10-6-8-14-7-4-5-9-16(14)17/h6,8,10,13,15H,4-5,7,9,11-12H2,1-3H3,(H,22,25). The van der Waals surface area contributed by atoms with Crippen molar-refractivity contribution < 1.29 is 4.79 Å². The molecule has 2 aliphatic carbocycles. The molecule has 1 aromatic heterocycles. The zero-order valence-electron chi connectivity index (χ0n) is 15.4. The largest absolute Gasteiger partial charge is 0.320 e. The van der Waals surface area contributed by atoms with Crippen molar-refractivity contribution in [3.8, 4) is 0 Å². The van der Waals surface area contributed by atoms with Crippen LogP contribution in [0.2, 0.25) is 0 Å². The highest BCUT2D eigenvalue weighted by atomic mass is 16.2. The summed E-state index contributed by atoms with van der Waals surface area (Å²) in [4.78, 5) is 12.8. The average molecular weight is 337 g/mol. The maximum atomic E-state index is 12.8. The Morgan fingerprint density at radius 3 is 2.68 bits per heavy atom. The van der Waals surface area contributed by atoms with Crippen molar-refractivity contribution in [3.63, 3.8) is 0 Å². The molecule has 4 nitrogen and oxygen atoms in total. The van der Waals surface area contributed by atoms with Crippen molar-refractivity contribution >= 4 is 11.6 Å². The quantitative estimate of drug-likeness (QED) is 0.886. The second-order valence-corrected chi connectivity index (χ2v) is 8.42. The molecule has 4 heteroatoms. The van der Waals surface area contributed by atoms with E-state index >= 15 is 0 Å². The number of carbonyl (C=O) groups is 1. The van der Waals surface area contributed by atoms with E-state index in [0.717, 1.165) is 18.5 Å². The molecule has 1 saturated carbocycles. The van der Waals surface area contributed by atoms with Crippen LogP contribution in [-0.4, -0.2) is 15.7 Å². The number of fused-ring (bicyclic) bond motifs is 1. The van der Waals surface area contributed by atoms with Crippen molar-refractivity contribution in [1.29, 1.82) is 0 Å². The van der Waals surface area contributed by atoms with E-state index in [1.807, 2.05) is 22.9 Å². The van der Waals surface area contributed by atoms with Gasteiger partial charge >= 0.3 is 0 Å². The van der Waals surface area contributed by atoms with Gasteiger partial charge in [0.1, 0.15) is 0 Å². The Morgan fingerprint density at radius 2 is 1.96 bits per heavy atom. The highest BCUT2D eigenvalue weighted by Crippen LogP contribution is 2.41. The van der Waals surface area contributed by atoms with E-state index in [9.17, 15) is 4.79 Å². The molecule has 2 aromatic rings. The molecule has 0 atom stereocenters. The lowest BCUT2D eigenvalue weighted by Gasteiger charge is -2.22. The zero-order chi connectivity index (χ0) is 17.6. The molecule has 1 heterocycles. The number of hydrogen-bond donors (Lipinski definition) is 1. The molecule has 1 aromatic carbocycles. The monoisotopic (exact) mass is 337 g/mol. The van der Waals surface area contributed by atoms with E-state index in [4.69, 9.17) is 0 Å². The second kappa shape index (κ2) is 6.01. The number of hydrogen-bond acceptors (Lipinski definition) is 2. The first-order valence-corrected chi connectivity index (χ1v) is 9.46. The third-order valence-electron chi connectivity index (χ3n) is 5.24. The molecule has 25 heavy (non-hydrogen) atoms. The van der Waals surface area contributed by atoms with Crippen LogP contribution in [-0.2, 0) is 18.4 Å². The van der Waals surface area contributed by atoms with E-state index in [0.29, 0.717) is 11.6 Å². The number of amides is 1. The molecule has 0 saturated heterocycles. The fraction of sp³-hybridized carbons (Fsp3) is 0.524. The number of aryl methyl sites for hydroxylation is 1. The Hall–Kier alpha value is -2.10. The maximum absolute atomic E-state index is 12.8. The van der Waals surface area contributed by atoms with Crippen LogP contribution in [0.4, 0.5) is 5.69 Å². The second-order valence-electron chi connectivity index (χ2n) is 8.42. The van der Waals surface area contributed by atoms with E-state index in [2.05, 4.69) is 37.3 Å². The predicted molar refractivity (Wildman–Crippen MR) is 100 cm³/mol. The maximum Gasteiger partial charge on any atom is 0.276 e. The third kappa shape index (κ3) is 3.22. The van der Waals surface area contributed by atoms with E-state index < -0.39 is 0 Å². The van der Waals surface area contributed by atoms with Gasteiger partial charge in [-0.1, -0.05) is 12.1 Å². The summed E-state index contributed by atoms with van der Waals surface area (Å²) in [7, 11) is 0. The lowest BCUT2D eigenvalue weighted by molar-refractivity contribution is 0.102. The molecule has 0 spiro atoms. The summed E-state index contributed by atoms with van der Waals surface area (Å²) >= 11 is 0. The Kier molecular flexibility index (Phi) is 3.94. The molecule has 0 bridgehead atoms. The first-order valence-electron chi connectivity index (χ1n) is 9.46. The van der Waals surface area contributed by atoms with E-state index in [1.165, 1.54) is 42.5 Å². The first kappa shape index (κ1) is 16.4. The summed E-state index contributed by atoms with van der Waals surface area (Å²) in [6, 6.07) is 8.24. The van der Waals surface area contributed by atoms with Crippen molar-refractivity contribution in [1.82, 2.24) is 9.78 Å². The summed E-state index contributed by atoms with van der Waals surface area (Å²) in [5.41, 5.74) is 5.27. The number of nitrogens with one attached hydrogen (secondary N) is 1. The highest BCUT2D eigenvalue weighted by Gasteiger charge is 2.32. The SMILES string of the molecule is CC(C)(C)n1nc(C(=O)Nc2cccc3c2CCCC3)cc1C1CC1. The average Bonchev–Trinajstić information content (AvgIpc) is 3.32. The van der Waals surface area contributed by atoms with Crippen molar-refractivity contribution in [3.05, 3.63) is 46.8 Å². The minimum atomic E-state index is -0.109. The Morgan fingerprint density at radius 1 is 1.20 bits per heavy atom. The summed E-state index contributed by atoms with van der Waals surface area (Å²) in [6.45, 7) is 6.42. The molecular formula is C21H27N3O. The van der Waals surface area contributed by atoms with Crippen LogP contribution >= 0.6 is 0 Å². The van der Waals surface area contributed by atoms with Crippen LogP contribution in [0, 0.1) is 0 Å². The highest BCUT2D eigenvalue weighted by molar-refractivity contribution is 6.03. The van der Waals surface area contributed by atoms with E-state index in [1.54, 1.807) is 0 Å². The molecule has 1 amide bonds. The number of rotatable bonds is 3. The van der Waals surface area contributed by atoms with Crippen LogP contribution in [0.25, 0.3) is 0 Å². The predicted octanol–water partition coefficient (Wildman–Crippen LogP) is 4.65. The van der Waals surface area contributed by atoms with Crippen LogP contribution < -0.4 is 5.32 Å². The molecule has 4 rings (SSSR count). The Balaban J connectivity index is 1.62. The van der Waals surface area contributed by atoms with Gasteiger partial charge in [-0.15, -0.1) is 0 Å². The smallest absolute Gasteiger partial charge is 0.276 e. The Labute approximate surface area is 149 Å². The number of carbonyl (C=O) groups excluding carboxylic acids is 1. The van der Waals surface area contributed by atoms with Crippen LogP contribution in [0.1, 0.15) is 79.7 Å². The summed E-state index contributed by atoms with van der Waals surface area (Å²) < 4.78 is 2.04. The number of benzene rings is 1. The van der Waals surface area contributed by atoms with Gasteiger partial charge in [0.2, 0.25) is 0 Å². The van der Waals surface area contributed by atoms with Crippen molar-refractivity contribution in [2.24, 2.45) is 0 Å². The zero-order valence-corrected chi connectivity index (χ0v) is 15.4. The van der Waals surface area contributed by atoms with Gasteiger partial charge < -0.3 is 5.32 Å². The first-order chi connectivity index (χ1) is 11.9. The van der Waals surface area contributed by atoms with Crippen LogP contribution in [0.5, 0.6) is 0 Å². The molecule has 0 radical (unpaired) electrons. The minimum Gasteiger partial charge on any atom is -0.320 e. The lowest BCUT2D eigenvalue weighted by atomic mass is 9.90. The number of nitrogens with zero attached hydrogens (tertiary/aromatic N) is 2.